The summed E-state index contributed by atoms with van der Waals surface area (Å²) in [6.07, 6.45) is 2.14. The Labute approximate surface area is 94.5 Å². The molecule has 0 heterocycles. The summed E-state index contributed by atoms with van der Waals surface area (Å²) in [5.41, 5.74) is 1.64. The molecule has 2 rings (SSSR count). The molecule has 0 saturated heterocycles. The zero-order valence-electron chi connectivity index (χ0n) is 9.23. The van der Waals surface area contributed by atoms with Crippen molar-refractivity contribution < 1.29 is 9.90 Å². The first-order valence-corrected chi connectivity index (χ1v) is 5.47. The molecule has 0 fully saturated rings. The summed E-state index contributed by atoms with van der Waals surface area (Å²) >= 11 is 0. The fourth-order valence-electron chi connectivity index (χ4n) is 1.96. The predicted octanol–water partition coefficient (Wildman–Crippen LogP) is 3.49. The third-order valence-electron chi connectivity index (χ3n) is 2.71. The molecule has 1 N–H and O–H groups in total. The molecule has 2 aromatic rings. The number of hydrogen-bond acceptors (Lipinski definition) is 1. The van der Waals surface area contributed by atoms with Gasteiger partial charge in [0.15, 0.2) is 0 Å². The van der Waals surface area contributed by atoms with E-state index in [9.17, 15) is 4.79 Å². The van der Waals surface area contributed by atoms with Gasteiger partial charge in [-0.2, -0.15) is 0 Å². The van der Waals surface area contributed by atoms with Gasteiger partial charge in [-0.15, -0.1) is 0 Å². The summed E-state index contributed by atoms with van der Waals surface area (Å²) in [6.45, 7) is 2.14. The van der Waals surface area contributed by atoms with E-state index >= 15 is 0 Å². The fraction of sp³-hybridized carbons (Fsp3) is 0.214. The van der Waals surface area contributed by atoms with Crippen molar-refractivity contribution in [1.82, 2.24) is 0 Å². The lowest BCUT2D eigenvalue weighted by molar-refractivity contribution is 0.0699. The normalized spacial score (nSPS) is 10.6. The van der Waals surface area contributed by atoms with E-state index in [1.165, 1.54) is 5.56 Å². The maximum absolute atomic E-state index is 11.0. The molecule has 0 aliphatic carbocycles. The Hall–Kier alpha value is -1.83. The molecule has 82 valence electrons. The molecule has 0 aliphatic rings. The molecule has 0 aliphatic heterocycles. The highest BCUT2D eigenvalue weighted by molar-refractivity contribution is 6.03. The Morgan fingerprint density at radius 2 is 2.06 bits per heavy atom. The Morgan fingerprint density at radius 1 is 1.25 bits per heavy atom. The minimum absolute atomic E-state index is 0.376. The van der Waals surface area contributed by atoms with Crippen LogP contribution in [0.2, 0.25) is 0 Å². The van der Waals surface area contributed by atoms with Crippen LogP contribution in [-0.4, -0.2) is 11.1 Å². The SMILES string of the molecule is CCCc1ccc2c(C(=O)O)cccc2c1. The summed E-state index contributed by atoms with van der Waals surface area (Å²) < 4.78 is 0. The number of fused-ring (bicyclic) bond motifs is 1. The van der Waals surface area contributed by atoms with Gasteiger partial charge >= 0.3 is 5.97 Å². The number of carboxylic acid groups (broad SMARTS) is 1. The van der Waals surface area contributed by atoms with Crippen LogP contribution in [0.15, 0.2) is 36.4 Å². The highest BCUT2D eigenvalue weighted by Crippen LogP contribution is 2.21. The molecule has 0 atom stereocenters. The Balaban J connectivity index is 2.59. The fourth-order valence-corrected chi connectivity index (χ4v) is 1.96. The van der Waals surface area contributed by atoms with Crippen molar-refractivity contribution in [2.45, 2.75) is 19.8 Å². The number of aryl methyl sites for hydroxylation is 1. The van der Waals surface area contributed by atoms with Gasteiger partial charge in [0.25, 0.3) is 0 Å². The van der Waals surface area contributed by atoms with Crippen LogP contribution in [0.1, 0.15) is 29.3 Å². The number of hydrogen-bond donors (Lipinski definition) is 1. The molecule has 0 bridgehead atoms. The van der Waals surface area contributed by atoms with Gasteiger partial charge in [0.05, 0.1) is 5.56 Å². The summed E-state index contributed by atoms with van der Waals surface area (Å²) in [4.78, 5) is 11.0. The molecular formula is C14H14O2. The van der Waals surface area contributed by atoms with E-state index in [1.54, 1.807) is 12.1 Å². The van der Waals surface area contributed by atoms with Crippen molar-refractivity contribution in [2.24, 2.45) is 0 Å². The average Bonchev–Trinajstić information content (AvgIpc) is 2.28. The lowest BCUT2D eigenvalue weighted by Gasteiger charge is -2.05. The van der Waals surface area contributed by atoms with Crippen LogP contribution in [0.4, 0.5) is 0 Å². The van der Waals surface area contributed by atoms with E-state index in [2.05, 4.69) is 13.0 Å². The van der Waals surface area contributed by atoms with E-state index in [0.717, 1.165) is 23.6 Å². The lowest BCUT2D eigenvalue weighted by atomic mass is 10.0. The lowest BCUT2D eigenvalue weighted by Crippen LogP contribution is -1.97. The zero-order valence-corrected chi connectivity index (χ0v) is 9.23. The van der Waals surface area contributed by atoms with Crippen molar-refractivity contribution >= 4 is 16.7 Å². The second-order valence-electron chi connectivity index (χ2n) is 3.92. The van der Waals surface area contributed by atoms with Crippen molar-refractivity contribution in [3.05, 3.63) is 47.5 Å². The molecule has 2 nitrogen and oxygen atoms in total. The standard InChI is InChI=1S/C14H14O2/c1-2-4-10-7-8-12-11(9-10)5-3-6-13(12)14(15)16/h3,5-9H,2,4H2,1H3,(H,15,16). The average molecular weight is 214 g/mol. The summed E-state index contributed by atoms with van der Waals surface area (Å²) in [5.74, 6) is -0.867. The Morgan fingerprint density at radius 3 is 2.75 bits per heavy atom. The number of carbonyl (C=O) groups is 1. The highest BCUT2D eigenvalue weighted by atomic mass is 16.4. The molecule has 0 spiro atoms. The second-order valence-corrected chi connectivity index (χ2v) is 3.92. The third-order valence-corrected chi connectivity index (χ3v) is 2.71. The predicted molar refractivity (Wildman–Crippen MR) is 64.9 cm³/mol. The molecule has 2 aromatic carbocycles. The molecule has 0 radical (unpaired) electrons. The van der Waals surface area contributed by atoms with Gasteiger partial charge in [-0.25, -0.2) is 4.79 Å². The molecule has 16 heavy (non-hydrogen) atoms. The quantitative estimate of drug-likeness (QED) is 0.849. The van der Waals surface area contributed by atoms with E-state index in [4.69, 9.17) is 5.11 Å². The van der Waals surface area contributed by atoms with Crippen LogP contribution >= 0.6 is 0 Å². The summed E-state index contributed by atoms with van der Waals surface area (Å²) in [7, 11) is 0. The van der Waals surface area contributed by atoms with E-state index in [1.807, 2.05) is 18.2 Å². The van der Waals surface area contributed by atoms with Gasteiger partial charge in [-0.3, -0.25) is 0 Å². The molecule has 0 unspecified atom stereocenters. The molecule has 0 amide bonds. The largest absolute Gasteiger partial charge is 0.478 e. The first kappa shape index (κ1) is 10.7. The maximum atomic E-state index is 11.0. The molecule has 2 heteroatoms. The van der Waals surface area contributed by atoms with Gasteiger partial charge < -0.3 is 5.11 Å². The van der Waals surface area contributed by atoms with Gasteiger partial charge in [0.1, 0.15) is 0 Å². The van der Waals surface area contributed by atoms with Crippen molar-refractivity contribution in [3.8, 4) is 0 Å². The monoisotopic (exact) mass is 214 g/mol. The van der Waals surface area contributed by atoms with Crippen LogP contribution in [0.5, 0.6) is 0 Å². The minimum Gasteiger partial charge on any atom is -0.478 e. The highest BCUT2D eigenvalue weighted by Gasteiger charge is 2.07. The van der Waals surface area contributed by atoms with Gasteiger partial charge in [-0.1, -0.05) is 43.7 Å². The summed E-state index contributed by atoms with van der Waals surface area (Å²) in [6, 6.07) is 11.4. The van der Waals surface area contributed by atoms with Crippen molar-refractivity contribution in [1.29, 1.82) is 0 Å². The number of benzene rings is 2. The number of carboxylic acids is 1. The molecule has 0 saturated carbocycles. The maximum Gasteiger partial charge on any atom is 0.336 e. The second kappa shape index (κ2) is 4.35. The van der Waals surface area contributed by atoms with Crippen LogP contribution in [0.25, 0.3) is 10.8 Å². The Bertz CT molecular complexity index is 529. The summed E-state index contributed by atoms with van der Waals surface area (Å²) in [5, 5.41) is 10.9. The van der Waals surface area contributed by atoms with Gasteiger partial charge in [0, 0.05) is 0 Å². The molecular weight excluding hydrogens is 200 g/mol. The minimum atomic E-state index is -0.867. The number of aromatic carboxylic acids is 1. The van der Waals surface area contributed by atoms with Gasteiger partial charge in [0.2, 0.25) is 0 Å². The van der Waals surface area contributed by atoms with E-state index < -0.39 is 5.97 Å². The number of rotatable bonds is 3. The van der Waals surface area contributed by atoms with E-state index in [0.29, 0.717) is 5.56 Å². The van der Waals surface area contributed by atoms with Crippen molar-refractivity contribution in [3.63, 3.8) is 0 Å². The van der Waals surface area contributed by atoms with Crippen LogP contribution < -0.4 is 0 Å². The van der Waals surface area contributed by atoms with Crippen molar-refractivity contribution in [2.75, 3.05) is 0 Å². The van der Waals surface area contributed by atoms with Crippen LogP contribution in [-0.2, 0) is 6.42 Å². The topological polar surface area (TPSA) is 37.3 Å². The van der Waals surface area contributed by atoms with Crippen LogP contribution in [0.3, 0.4) is 0 Å². The van der Waals surface area contributed by atoms with E-state index in [-0.39, 0.29) is 0 Å². The molecule has 0 aromatic heterocycles. The van der Waals surface area contributed by atoms with Gasteiger partial charge in [-0.05, 0) is 28.8 Å². The van der Waals surface area contributed by atoms with Crippen LogP contribution in [0, 0.1) is 0 Å². The first-order chi connectivity index (χ1) is 7.72. The first-order valence-electron chi connectivity index (χ1n) is 5.47. The zero-order chi connectivity index (χ0) is 11.5. The third kappa shape index (κ3) is 1.91. The Kier molecular flexibility index (Phi) is 2.91. The smallest absolute Gasteiger partial charge is 0.336 e.